The number of nitrogens with one attached hydrogen (secondary N) is 1. The fourth-order valence-electron chi connectivity index (χ4n) is 5.83. The summed E-state index contributed by atoms with van der Waals surface area (Å²) in [5, 5.41) is 13.6. The number of aliphatic hydroxyl groups excluding tert-OH is 1. The van der Waals surface area contributed by atoms with Gasteiger partial charge in [-0.25, -0.2) is 0 Å². The van der Waals surface area contributed by atoms with Gasteiger partial charge in [0.05, 0.1) is 18.0 Å². The third kappa shape index (κ3) is 3.96. The second-order valence-corrected chi connectivity index (χ2v) is 9.79. The first-order valence-electron chi connectivity index (χ1n) is 12.1. The number of fused-ring (bicyclic) bond motifs is 4. The number of hydrogen-bond acceptors (Lipinski definition) is 4. The minimum Gasteiger partial charge on any atom is -0.396 e. The van der Waals surface area contributed by atoms with Crippen LogP contribution in [-0.4, -0.2) is 39.7 Å². The highest BCUT2D eigenvalue weighted by Gasteiger charge is 2.56. The first-order valence-corrected chi connectivity index (χ1v) is 12.1. The molecule has 174 valence electrons. The van der Waals surface area contributed by atoms with Crippen LogP contribution in [-0.2, 0) is 11.3 Å². The fraction of sp³-hybridized carbons (Fsp3) is 0.481. The van der Waals surface area contributed by atoms with Crippen molar-refractivity contribution in [1.29, 1.82) is 0 Å². The van der Waals surface area contributed by atoms with Crippen molar-refractivity contribution in [3.63, 3.8) is 0 Å². The maximum Gasteiger partial charge on any atom is 0.258 e. The van der Waals surface area contributed by atoms with E-state index in [1.165, 1.54) is 12.8 Å². The van der Waals surface area contributed by atoms with Gasteiger partial charge in [0.25, 0.3) is 5.56 Å². The normalized spacial score (nSPS) is 27.5. The first-order chi connectivity index (χ1) is 16.0. The Hall–Kier alpha value is -2.70. The number of allylic oxidation sites excluding steroid dienone is 1. The number of carbonyl (C=O) groups excluding carboxylic acids is 1. The first kappa shape index (κ1) is 22.1. The second kappa shape index (κ2) is 8.92. The molecule has 2 fully saturated rings. The average molecular weight is 448 g/mol. The number of aromatic nitrogens is 1. The van der Waals surface area contributed by atoms with E-state index in [4.69, 9.17) is 0 Å². The highest BCUT2D eigenvalue weighted by molar-refractivity contribution is 5.81. The van der Waals surface area contributed by atoms with Gasteiger partial charge in [0, 0.05) is 42.9 Å². The van der Waals surface area contributed by atoms with E-state index < -0.39 is 5.92 Å². The van der Waals surface area contributed by atoms with Crippen LogP contribution < -0.4 is 10.9 Å². The molecule has 6 nitrogen and oxygen atoms in total. The van der Waals surface area contributed by atoms with Crippen molar-refractivity contribution >= 4 is 12.0 Å². The van der Waals surface area contributed by atoms with Crippen LogP contribution in [0.5, 0.6) is 0 Å². The van der Waals surface area contributed by atoms with E-state index in [1.54, 1.807) is 0 Å². The number of pyridine rings is 1. The molecule has 2 aromatic rings. The zero-order chi connectivity index (χ0) is 23.1. The van der Waals surface area contributed by atoms with E-state index in [2.05, 4.69) is 10.2 Å². The summed E-state index contributed by atoms with van der Waals surface area (Å²) >= 11 is 0. The van der Waals surface area contributed by atoms with Gasteiger partial charge >= 0.3 is 0 Å². The second-order valence-electron chi connectivity index (χ2n) is 9.79. The van der Waals surface area contributed by atoms with Crippen molar-refractivity contribution in [3.05, 3.63) is 75.7 Å². The highest BCUT2D eigenvalue weighted by Crippen LogP contribution is 2.50. The van der Waals surface area contributed by atoms with Gasteiger partial charge in [-0.15, -0.1) is 0 Å². The van der Waals surface area contributed by atoms with Gasteiger partial charge in [0.2, 0.25) is 5.91 Å². The Morgan fingerprint density at radius 2 is 1.97 bits per heavy atom. The van der Waals surface area contributed by atoms with Crippen LogP contribution in [0.25, 0.3) is 6.08 Å². The Morgan fingerprint density at radius 3 is 2.64 bits per heavy atom. The molecule has 1 saturated carbocycles. The molecule has 3 heterocycles. The summed E-state index contributed by atoms with van der Waals surface area (Å²) < 4.78 is 1.85. The number of rotatable bonds is 7. The van der Waals surface area contributed by atoms with Gasteiger partial charge in [0.1, 0.15) is 0 Å². The van der Waals surface area contributed by atoms with E-state index in [0.29, 0.717) is 18.0 Å². The SMILES string of the molecule is C/C=C\c1ccc2n(c1=O)C[C@@H]1[C@@H](CO)[C@H](C(=O)N[C@H](C)c3ccccc3)[C@H]2N1CC1CC1. The summed E-state index contributed by atoms with van der Waals surface area (Å²) in [6.45, 7) is 5.28. The maximum absolute atomic E-state index is 13.7. The van der Waals surface area contributed by atoms with Gasteiger partial charge in [-0.3, -0.25) is 14.5 Å². The minimum atomic E-state index is -0.398. The molecule has 2 aliphatic heterocycles. The highest BCUT2D eigenvalue weighted by atomic mass is 16.3. The molecule has 0 unspecified atom stereocenters. The summed E-state index contributed by atoms with van der Waals surface area (Å²) in [5.74, 6) is 0.00363. The molecule has 1 saturated heterocycles. The van der Waals surface area contributed by atoms with Gasteiger partial charge in [0.15, 0.2) is 0 Å². The smallest absolute Gasteiger partial charge is 0.258 e. The molecule has 1 aromatic carbocycles. The number of hydrogen-bond donors (Lipinski definition) is 2. The van der Waals surface area contributed by atoms with Gasteiger partial charge < -0.3 is 15.0 Å². The number of benzene rings is 1. The Labute approximate surface area is 194 Å². The Kier molecular flexibility index (Phi) is 5.97. The predicted molar refractivity (Wildman–Crippen MR) is 128 cm³/mol. The van der Waals surface area contributed by atoms with Crippen LogP contribution in [0.15, 0.2) is 53.3 Å². The number of aliphatic hydroxyl groups is 1. The van der Waals surface area contributed by atoms with Gasteiger partial charge in [-0.05, 0) is 50.3 Å². The lowest BCUT2D eigenvalue weighted by molar-refractivity contribution is -0.128. The zero-order valence-electron chi connectivity index (χ0n) is 19.4. The lowest BCUT2D eigenvalue weighted by Crippen LogP contribution is -2.47. The Balaban J connectivity index is 1.52. The summed E-state index contributed by atoms with van der Waals surface area (Å²) in [5.41, 5.74) is 2.60. The summed E-state index contributed by atoms with van der Waals surface area (Å²) in [7, 11) is 0. The van der Waals surface area contributed by atoms with E-state index in [0.717, 1.165) is 17.8 Å². The maximum atomic E-state index is 13.7. The molecule has 5 rings (SSSR count). The molecule has 1 aliphatic carbocycles. The summed E-state index contributed by atoms with van der Waals surface area (Å²) in [4.78, 5) is 29.3. The van der Waals surface area contributed by atoms with Crippen LogP contribution >= 0.6 is 0 Å². The number of carbonyl (C=O) groups is 1. The third-order valence-corrected chi connectivity index (χ3v) is 7.67. The van der Waals surface area contributed by atoms with Crippen molar-refractivity contribution in [1.82, 2.24) is 14.8 Å². The van der Waals surface area contributed by atoms with Gasteiger partial charge in [-0.2, -0.15) is 0 Å². The molecule has 1 aromatic heterocycles. The van der Waals surface area contributed by atoms with E-state index in [-0.39, 0.29) is 42.1 Å². The molecule has 6 heteroatoms. The van der Waals surface area contributed by atoms with Crippen LogP contribution in [0.2, 0.25) is 0 Å². The molecule has 0 radical (unpaired) electrons. The topological polar surface area (TPSA) is 74.6 Å². The largest absolute Gasteiger partial charge is 0.396 e. The minimum absolute atomic E-state index is 0.0120. The third-order valence-electron chi connectivity index (χ3n) is 7.67. The quantitative estimate of drug-likeness (QED) is 0.684. The summed E-state index contributed by atoms with van der Waals surface area (Å²) in [6, 6.07) is 13.5. The molecular weight excluding hydrogens is 414 g/mol. The van der Waals surface area contributed by atoms with Crippen molar-refractivity contribution in [2.75, 3.05) is 13.2 Å². The predicted octanol–water partition coefficient (Wildman–Crippen LogP) is 3.13. The van der Waals surface area contributed by atoms with Crippen molar-refractivity contribution in [2.24, 2.45) is 17.8 Å². The molecule has 5 atom stereocenters. The molecular formula is C27H33N3O3. The monoisotopic (exact) mass is 447 g/mol. The molecule has 1 amide bonds. The lowest BCUT2D eigenvalue weighted by Gasteiger charge is -2.38. The average Bonchev–Trinajstić information content (AvgIpc) is 3.61. The standard InChI is InChI=1S/C27H33N3O3/c1-3-7-20-12-13-22-25-24(26(32)28-17(2)19-8-5-4-6-9-19)21(16-31)23(15-30(22)27(20)33)29(25)14-18-10-11-18/h3-9,12-13,17-18,21,23-25,31H,10-11,14-16H2,1-2H3,(H,28,32)/b7-3-/t17-,21-,23-,24+,25+/m1/s1. The van der Waals surface area contributed by atoms with E-state index in [9.17, 15) is 14.7 Å². The zero-order valence-corrected chi connectivity index (χ0v) is 19.4. The summed E-state index contributed by atoms with van der Waals surface area (Å²) in [6.07, 6.45) is 6.14. The van der Waals surface area contributed by atoms with Crippen molar-refractivity contribution in [3.8, 4) is 0 Å². The van der Waals surface area contributed by atoms with E-state index in [1.807, 2.05) is 73.0 Å². The molecule has 33 heavy (non-hydrogen) atoms. The van der Waals surface area contributed by atoms with Crippen LogP contribution in [0.4, 0.5) is 0 Å². The molecule has 0 spiro atoms. The molecule has 3 aliphatic rings. The van der Waals surface area contributed by atoms with Crippen molar-refractivity contribution in [2.45, 2.75) is 51.4 Å². The van der Waals surface area contributed by atoms with Crippen LogP contribution in [0.1, 0.15) is 55.6 Å². The lowest BCUT2D eigenvalue weighted by atomic mass is 9.86. The molecule has 2 bridgehead atoms. The number of nitrogens with zero attached hydrogens (tertiary/aromatic N) is 2. The van der Waals surface area contributed by atoms with Crippen LogP contribution in [0, 0.1) is 17.8 Å². The fourth-order valence-corrected chi connectivity index (χ4v) is 5.83. The Morgan fingerprint density at radius 1 is 1.21 bits per heavy atom. The molecule has 2 N–H and O–H groups in total. The number of amides is 1. The van der Waals surface area contributed by atoms with Crippen molar-refractivity contribution < 1.29 is 9.90 Å². The van der Waals surface area contributed by atoms with E-state index >= 15 is 0 Å². The Bertz CT molecular complexity index is 1110. The van der Waals surface area contributed by atoms with Gasteiger partial charge in [-0.1, -0.05) is 42.5 Å². The van der Waals surface area contributed by atoms with Crippen LogP contribution in [0.3, 0.4) is 0 Å².